The van der Waals surface area contributed by atoms with Crippen molar-refractivity contribution in [3.8, 4) is 0 Å². The van der Waals surface area contributed by atoms with Gasteiger partial charge in [0.2, 0.25) is 11.8 Å². The largest absolute Gasteiger partial charge is 0.348 e. The van der Waals surface area contributed by atoms with Crippen LogP contribution in [0, 0.1) is 5.92 Å². The van der Waals surface area contributed by atoms with Crippen LogP contribution in [0.4, 0.5) is 0 Å². The Bertz CT molecular complexity index is 492. The van der Waals surface area contributed by atoms with Gasteiger partial charge >= 0.3 is 0 Å². The lowest BCUT2D eigenvalue weighted by atomic mass is 9.94. The Balaban J connectivity index is 1.74. The summed E-state index contributed by atoms with van der Waals surface area (Å²) in [5, 5.41) is 2.63. The van der Waals surface area contributed by atoms with Gasteiger partial charge in [0.05, 0.1) is 18.9 Å². The highest BCUT2D eigenvalue weighted by molar-refractivity contribution is 5.87. The van der Waals surface area contributed by atoms with Gasteiger partial charge in [-0.2, -0.15) is 0 Å². The quantitative estimate of drug-likeness (QED) is 0.723. The minimum Gasteiger partial charge on any atom is -0.348 e. The highest BCUT2D eigenvalue weighted by Gasteiger charge is 2.25. The van der Waals surface area contributed by atoms with Crippen molar-refractivity contribution in [1.29, 1.82) is 0 Å². The number of likely N-dealkylation sites (tertiary alicyclic amines) is 1. The van der Waals surface area contributed by atoms with Gasteiger partial charge < -0.3 is 20.9 Å². The Kier molecular flexibility index (Phi) is 5.54. The van der Waals surface area contributed by atoms with Crippen molar-refractivity contribution in [3.63, 3.8) is 0 Å². The minimum absolute atomic E-state index is 0.0218. The van der Waals surface area contributed by atoms with Gasteiger partial charge in [0.15, 0.2) is 0 Å². The Hall–Kier alpha value is -1.89. The number of carbonyl (C=O) groups is 2. The fraction of sp³-hybridized carbons (Fsp3) is 0.667. The van der Waals surface area contributed by atoms with Crippen LogP contribution in [0.1, 0.15) is 38.3 Å². The second-order valence-electron chi connectivity index (χ2n) is 6.15. The lowest BCUT2D eigenvalue weighted by molar-refractivity contribution is -0.134. The summed E-state index contributed by atoms with van der Waals surface area (Å²) in [6, 6.07) is -0.570. The zero-order valence-corrected chi connectivity index (χ0v) is 13.2. The van der Waals surface area contributed by atoms with Crippen LogP contribution >= 0.6 is 0 Å². The van der Waals surface area contributed by atoms with Crippen molar-refractivity contribution in [3.05, 3.63) is 18.2 Å². The maximum atomic E-state index is 12.1. The molecule has 0 radical (unpaired) electrons. The molecule has 0 saturated carbocycles. The molecule has 0 spiro atoms. The van der Waals surface area contributed by atoms with Crippen LogP contribution < -0.4 is 11.1 Å². The average molecular weight is 307 g/mol. The van der Waals surface area contributed by atoms with E-state index < -0.39 is 6.04 Å². The molecule has 1 atom stereocenters. The van der Waals surface area contributed by atoms with E-state index in [4.69, 9.17) is 5.73 Å². The Morgan fingerprint density at radius 1 is 1.45 bits per heavy atom. The number of hydrogen-bond acceptors (Lipinski definition) is 4. The summed E-state index contributed by atoms with van der Waals surface area (Å²) in [6.07, 6.45) is 5.34. The van der Waals surface area contributed by atoms with E-state index in [2.05, 4.69) is 15.3 Å². The Morgan fingerprint density at radius 2 is 2.14 bits per heavy atom. The summed E-state index contributed by atoms with van der Waals surface area (Å²) in [6.45, 7) is 5.19. The summed E-state index contributed by atoms with van der Waals surface area (Å²) < 4.78 is 0. The second-order valence-corrected chi connectivity index (χ2v) is 6.15. The number of aromatic nitrogens is 2. The molecule has 0 bridgehead atoms. The molecular weight excluding hydrogens is 282 g/mol. The first kappa shape index (κ1) is 16.5. The molecule has 0 unspecified atom stereocenters. The first-order valence-corrected chi connectivity index (χ1v) is 7.78. The molecule has 122 valence electrons. The number of nitrogens with one attached hydrogen (secondary N) is 2. The molecule has 0 aliphatic carbocycles. The van der Waals surface area contributed by atoms with E-state index in [-0.39, 0.29) is 24.3 Å². The van der Waals surface area contributed by atoms with Gasteiger partial charge in [-0.1, -0.05) is 13.8 Å². The average Bonchev–Trinajstić information content (AvgIpc) is 3.06. The molecule has 2 amide bonds. The number of piperidine rings is 1. The molecule has 0 aromatic carbocycles. The van der Waals surface area contributed by atoms with Crippen molar-refractivity contribution < 1.29 is 9.59 Å². The molecule has 1 aromatic heterocycles. The Morgan fingerprint density at radius 3 is 2.68 bits per heavy atom. The third-order valence-electron chi connectivity index (χ3n) is 4.24. The molecule has 2 rings (SSSR count). The predicted molar refractivity (Wildman–Crippen MR) is 83.0 cm³/mol. The topological polar surface area (TPSA) is 104 Å². The number of H-pyrrole nitrogens is 1. The zero-order valence-electron chi connectivity index (χ0n) is 13.2. The van der Waals surface area contributed by atoms with Crippen LogP contribution in [0.3, 0.4) is 0 Å². The number of carbonyl (C=O) groups excluding carboxylic acids is 2. The highest BCUT2D eigenvalue weighted by atomic mass is 16.2. The van der Waals surface area contributed by atoms with Crippen LogP contribution in [0.25, 0.3) is 0 Å². The first-order chi connectivity index (χ1) is 10.5. The number of nitrogens with two attached hydrogens (primary N) is 1. The minimum atomic E-state index is -0.570. The number of nitrogens with zero attached hydrogens (tertiary/aromatic N) is 2. The van der Waals surface area contributed by atoms with Crippen LogP contribution in [-0.2, 0) is 9.59 Å². The van der Waals surface area contributed by atoms with Crippen LogP contribution in [0.5, 0.6) is 0 Å². The van der Waals surface area contributed by atoms with E-state index >= 15 is 0 Å². The molecule has 4 N–H and O–H groups in total. The smallest absolute Gasteiger partial charge is 0.241 e. The molecule has 1 fully saturated rings. The van der Waals surface area contributed by atoms with Crippen molar-refractivity contribution in [2.45, 2.75) is 38.6 Å². The number of aromatic amines is 1. The van der Waals surface area contributed by atoms with Crippen molar-refractivity contribution in [2.75, 3.05) is 19.6 Å². The van der Waals surface area contributed by atoms with Gasteiger partial charge in [-0.3, -0.25) is 9.59 Å². The zero-order chi connectivity index (χ0) is 16.1. The third kappa shape index (κ3) is 4.07. The van der Waals surface area contributed by atoms with E-state index in [1.54, 1.807) is 11.2 Å². The molecule has 1 saturated heterocycles. The summed E-state index contributed by atoms with van der Waals surface area (Å²) in [7, 11) is 0. The van der Waals surface area contributed by atoms with E-state index in [1.165, 1.54) is 0 Å². The maximum Gasteiger partial charge on any atom is 0.241 e. The second kappa shape index (κ2) is 7.40. The van der Waals surface area contributed by atoms with Crippen LogP contribution in [0.15, 0.2) is 12.5 Å². The lowest BCUT2D eigenvalue weighted by Crippen LogP contribution is -2.49. The Labute approximate surface area is 130 Å². The summed E-state index contributed by atoms with van der Waals surface area (Å²) >= 11 is 0. The van der Waals surface area contributed by atoms with Crippen molar-refractivity contribution in [2.24, 2.45) is 11.7 Å². The van der Waals surface area contributed by atoms with E-state index in [0.717, 1.165) is 18.5 Å². The van der Waals surface area contributed by atoms with Crippen molar-refractivity contribution >= 4 is 11.8 Å². The van der Waals surface area contributed by atoms with Gasteiger partial charge in [0.25, 0.3) is 0 Å². The monoisotopic (exact) mass is 307 g/mol. The standard InChI is InChI=1S/C15H25N5O2/c1-10(2)14(16)15(22)18-8-13(21)20-5-3-11(4-6-20)12-7-17-9-19-12/h7,9-11,14H,3-6,8,16H2,1-2H3,(H,17,19)(H,18,22)/t14-/m0/s1. The molecule has 1 aliphatic rings. The predicted octanol–water partition coefficient (Wildman–Crippen LogP) is 0.215. The molecule has 2 heterocycles. The first-order valence-electron chi connectivity index (χ1n) is 7.78. The van der Waals surface area contributed by atoms with E-state index in [0.29, 0.717) is 19.0 Å². The number of imidazole rings is 1. The normalized spacial score (nSPS) is 17.5. The molecule has 7 nitrogen and oxygen atoms in total. The summed E-state index contributed by atoms with van der Waals surface area (Å²) in [4.78, 5) is 32.9. The van der Waals surface area contributed by atoms with Gasteiger partial charge in [0, 0.05) is 30.9 Å². The van der Waals surface area contributed by atoms with Crippen LogP contribution in [-0.4, -0.2) is 52.4 Å². The van der Waals surface area contributed by atoms with Crippen LogP contribution in [0.2, 0.25) is 0 Å². The van der Waals surface area contributed by atoms with Gasteiger partial charge in [-0.05, 0) is 18.8 Å². The summed E-state index contributed by atoms with van der Waals surface area (Å²) in [5.41, 5.74) is 6.88. The molecule has 1 aromatic rings. The lowest BCUT2D eigenvalue weighted by Gasteiger charge is -2.31. The molecule has 22 heavy (non-hydrogen) atoms. The fourth-order valence-corrected chi connectivity index (χ4v) is 2.62. The fourth-order valence-electron chi connectivity index (χ4n) is 2.62. The van der Waals surface area contributed by atoms with Gasteiger partial charge in [-0.15, -0.1) is 0 Å². The maximum absolute atomic E-state index is 12.1. The molecule has 7 heteroatoms. The van der Waals surface area contributed by atoms with E-state index in [9.17, 15) is 9.59 Å². The third-order valence-corrected chi connectivity index (χ3v) is 4.24. The summed E-state index contributed by atoms with van der Waals surface area (Å²) in [5.74, 6) is 0.166. The number of amides is 2. The van der Waals surface area contributed by atoms with Crippen molar-refractivity contribution in [1.82, 2.24) is 20.2 Å². The molecular formula is C15H25N5O2. The highest BCUT2D eigenvalue weighted by Crippen LogP contribution is 2.25. The number of hydrogen-bond donors (Lipinski definition) is 3. The molecule has 1 aliphatic heterocycles. The number of rotatable bonds is 5. The SMILES string of the molecule is CC(C)[C@H](N)C(=O)NCC(=O)N1CCC(c2cnc[nH]2)CC1. The van der Waals surface area contributed by atoms with Gasteiger partial charge in [0.1, 0.15) is 0 Å². The van der Waals surface area contributed by atoms with E-state index in [1.807, 2.05) is 20.0 Å². The van der Waals surface area contributed by atoms with Gasteiger partial charge in [-0.25, -0.2) is 4.98 Å².